The minimum Gasteiger partial charge on any atom is -0.385 e. The van der Waals surface area contributed by atoms with E-state index in [0.29, 0.717) is 0 Å². The van der Waals surface area contributed by atoms with E-state index in [-0.39, 0.29) is 0 Å². The normalized spacial score (nSPS) is 10.7. The van der Waals surface area contributed by atoms with E-state index in [1.54, 1.807) is 7.11 Å². The zero-order chi connectivity index (χ0) is 10.2. The van der Waals surface area contributed by atoms with Crippen molar-refractivity contribution in [3.05, 3.63) is 18.2 Å². The second-order valence-electron chi connectivity index (χ2n) is 3.33. The van der Waals surface area contributed by atoms with E-state index in [1.165, 1.54) is 0 Å². The maximum Gasteiger partial charge on any atom is 0.0949 e. The number of nitrogens with one attached hydrogen (secondary N) is 1. The van der Waals surface area contributed by atoms with Crippen LogP contribution >= 0.6 is 0 Å². The Labute approximate surface area is 85.3 Å². The highest BCUT2D eigenvalue weighted by atomic mass is 16.5. The number of methoxy groups -OCH3 is 1. The average molecular weight is 197 g/mol. The minimum absolute atomic E-state index is 0.838. The molecule has 0 aliphatic rings. The van der Waals surface area contributed by atoms with Gasteiger partial charge in [0.05, 0.1) is 12.0 Å². The summed E-state index contributed by atoms with van der Waals surface area (Å²) >= 11 is 0. The number of aryl methyl sites for hydroxylation is 1. The summed E-state index contributed by atoms with van der Waals surface area (Å²) in [6, 6.07) is 0. The molecule has 4 heteroatoms. The standard InChI is InChI=1S/C10H19N3O/c1-11-7-10-8-13(9-12-10)5-3-4-6-14-2/h8-9,11H,3-7H2,1-2H3. The van der Waals surface area contributed by atoms with Crippen molar-refractivity contribution in [1.82, 2.24) is 14.9 Å². The lowest BCUT2D eigenvalue weighted by atomic mass is 10.3. The first-order valence-corrected chi connectivity index (χ1v) is 5.01. The number of rotatable bonds is 7. The van der Waals surface area contributed by atoms with Crippen LogP contribution in [0.1, 0.15) is 18.5 Å². The summed E-state index contributed by atoms with van der Waals surface area (Å²) in [4.78, 5) is 4.27. The fraction of sp³-hybridized carbons (Fsp3) is 0.700. The number of nitrogens with zero attached hydrogens (tertiary/aromatic N) is 2. The molecule has 0 spiro atoms. The number of imidazole rings is 1. The first-order valence-electron chi connectivity index (χ1n) is 5.01. The Morgan fingerprint density at radius 1 is 1.50 bits per heavy atom. The highest BCUT2D eigenvalue weighted by molar-refractivity contribution is 4.95. The van der Waals surface area contributed by atoms with Crippen molar-refractivity contribution in [2.45, 2.75) is 25.9 Å². The smallest absolute Gasteiger partial charge is 0.0949 e. The van der Waals surface area contributed by atoms with E-state index in [4.69, 9.17) is 4.74 Å². The van der Waals surface area contributed by atoms with E-state index >= 15 is 0 Å². The third-order valence-corrected chi connectivity index (χ3v) is 2.06. The Hall–Kier alpha value is -0.870. The Balaban J connectivity index is 2.22. The van der Waals surface area contributed by atoms with Crippen LogP contribution in [0, 0.1) is 0 Å². The van der Waals surface area contributed by atoms with Gasteiger partial charge in [0.15, 0.2) is 0 Å². The summed E-state index contributed by atoms with van der Waals surface area (Å²) in [6.07, 6.45) is 6.22. The lowest BCUT2D eigenvalue weighted by Gasteiger charge is -2.00. The predicted octanol–water partition coefficient (Wildman–Crippen LogP) is 1.03. The Kier molecular flexibility index (Phi) is 5.25. The van der Waals surface area contributed by atoms with Crippen LogP contribution in [-0.2, 0) is 17.8 Å². The maximum absolute atomic E-state index is 4.99. The van der Waals surface area contributed by atoms with E-state index in [9.17, 15) is 0 Å². The number of unbranched alkanes of at least 4 members (excludes halogenated alkanes) is 1. The van der Waals surface area contributed by atoms with Crippen molar-refractivity contribution in [3.8, 4) is 0 Å². The molecule has 0 aliphatic heterocycles. The summed E-state index contributed by atoms with van der Waals surface area (Å²) in [7, 11) is 3.67. The van der Waals surface area contributed by atoms with E-state index in [2.05, 4.69) is 21.1 Å². The summed E-state index contributed by atoms with van der Waals surface area (Å²) in [5, 5.41) is 3.08. The molecule has 80 valence electrons. The van der Waals surface area contributed by atoms with Gasteiger partial charge in [0, 0.05) is 33.0 Å². The van der Waals surface area contributed by atoms with Crippen LogP contribution in [-0.4, -0.2) is 30.3 Å². The van der Waals surface area contributed by atoms with Gasteiger partial charge in [0.2, 0.25) is 0 Å². The number of ether oxygens (including phenoxy) is 1. The van der Waals surface area contributed by atoms with Gasteiger partial charge in [-0.2, -0.15) is 0 Å². The SMILES string of the molecule is CNCc1cn(CCCCOC)cn1. The predicted molar refractivity (Wildman–Crippen MR) is 56.1 cm³/mol. The van der Waals surface area contributed by atoms with Gasteiger partial charge in [-0.3, -0.25) is 0 Å². The summed E-state index contributed by atoms with van der Waals surface area (Å²) in [6.45, 7) is 2.71. The van der Waals surface area contributed by atoms with Gasteiger partial charge in [0.25, 0.3) is 0 Å². The molecule has 1 aromatic rings. The fourth-order valence-electron chi connectivity index (χ4n) is 1.34. The third-order valence-electron chi connectivity index (χ3n) is 2.06. The monoisotopic (exact) mass is 197 g/mol. The second kappa shape index (κ2) is 6.56. The Morgan fingerprint density at radius 3 is 3.07 bits per heavy atom. The summed E-state index contributed by atoms with van der Waals surface area (Å²) in [5.74, 6) is 0. The highest BCUT2D eigenvalue weighted by Crippen LogP contribution is 1.99. The quantitative estimate of drug-likeness (QED) is 0.664. The van der Waals surface area contributed by atoms with Crippen LogP contribution in [0.5, 0.6) is 0 Å². The Bertz CT molecular complexity index is 247. The zero-order valence-electron chi connectivity index (χ0n) is 8.99. The van der Waals surface area contributed by atoms with Gasteiger partial charge in [-0.25, -0.2) is 4.98 Å². The number of aromatic nitrogens is 2. The molecule has 0 bridgehead atoms. The summed E-state index contributed by atoms with van der Waals surface area (Å²) < 4.78 is 7.12. The number of hydrogen-bond donors (Lipinski definition) is 1. The summed E-state index contributed by atoms with van der Waals surface area (Å²) in [5.41, 5.74) is 1.10. The average Bonchev–Trinajstić information content (AvgIpc) is 2.61. The highest BCUT2D eigenvalue weighted by Gasteiger charge is 1.96. The van der Waals surface area contributed by atoms with E-state index in [0.717, 1.165) is 38.2 Å². The van der Waals surface area contributed by atoms with Gasteiger partial charge in [0.1, 0.15) is 0 Å². The first kappa shape index (κ1) is 11.2. The molecule has 14 heavy (non-hydrogen) atoms. The topological polar surface area (TPSA) is 39.1 Å². The van der Waals surface area contributed by atoms with E-state index in [1.807, 2.05) is 13.4 Å². The van der Waals surface area contributed by atoms with Crippen LogP contribution < -0.4 is 5.32 Å². The first-order chi connectivity index (χ1) is 6.86. The fourth-order valence-corrected chi connectivity index (χ4v) is 1.34. The molecule has 1 N–H and O–H groups in total. The second-order valence-corrected chi connectivity index (χ2v) is 3.33. The van der Waals surface area contributed by atoms with Gasteiger partial charge >= 0.3 is 0 Å². The molecule has 0 amide bonds. The Morgan fingerprint density at radius 2 is 2.36 bits per heavy atom. The van der Waals surface area contributed by atoms with Crippen molar-refractivity contribution in [3.63, 3.8) is 0 Å². The van der Waals surface area contributed by atoms with Crippen molar-refractivity contribution in [1.29, 1.82) is 0 Å². The molecule has 0 saturated heterocycles. The lowest BCUT2D eigenvalue weighted by molar-refractivity contribution is 0.191. The minimum atomic E-state index is 0.838. The molecule has 0 fully saturated rings. The molecule has 0 unspecified atom stereocenters. The van der Waals surface area contributed by atoms with Crippen LogP contribution in [0.15, 0.2) is 12.5 Å². The van der Waals surface area contributed by atoms with Gasteiger partial charge < -0.3 is 14.6 Å². The molecule has 1 heterocycles. The van der Waals surface area contributed by atoms with E-state index < -0.39 is 0 Å². The molecule has 0 aliphatic carbocycles. The van der Waals surface area contributed by atoms with Gasteiger partial charge in [-0.1, -0.05) is 0 Å². The van der Waals surface area contributed by atoms with Crippen molar-refractivity contribution in [2.75, 3.05) is 20.8 Å². The zero-order valence-corrected chi connectivity index (χ0v) is 8.99. The molecule has 0 atom stereocenters. The van der Waals surface area contributed by atoms with Crippen LogP contribution in [0.2, 0.25) is 0 Å². The van der Waals surface area contributed by atoms with Crippen LogP contribution in [0.25, 0.3) is 0 Å². The molecule has 0 radical (unpaired) electrons. The number of hydrogen-bond acceptors (Lipinski definition) is 3. The lowest BCUT2D eigenvalue weighted by Crippen LogP contribution is -2.05. The van der Waals surface area contributed by atoms with Crippen molar-refractivity contribution >= 4 is 0 Å². The van der Waals surface area contributed by atoms with Crippen molar-refractivity contribution < 1.29 is 4.74 Å². The molecular formula is C10H19N3O. The third kappa shape index (κ3) is 3.89. The largest absolute Gasteiger partial charge is 0.385 e. The molecule has 1 rings (SSSR count). The molecule has 1 aromatic heterocycles. The molecule has 0 aromatic carbocycles. The van der Waals surface area contributed by atoms with Crippen LogP contribution in [0.3, 0.4) is 0 Å². The van der Waals surface area contributed by atoms with Gasteiger partial charge in [-0.05, 0) is 19.9 Å². The van der Waals surface area contributed by atoms with Crippen LogP contribution in [0.4, 0.5) is 0 Å². The molecular weight excluding hydrogens is 178 g/mol. The molecule has 0 saturated carbocycles. The van der Waals surface area contributed by atoms with Crippen molar-refractivity contribution in [2.24, 2.45) is 0 Å². The maximum atomic E-state index is 4.99. The van der Waals surface area contributed by atoms with Gasteiger partial charge in [-0.15, -0.1) is 0 Å². The molecule has 4 nitrogen and oxygen atoms in total.